The second kappa shape index (κ2) is 14.5. The Bertz CT molecular complexity index is 1830. The second-order valence-corrected chi connectivity index (χ2v) is 13.7. The molecule has 1 saturated carbocycles. The predicted molar refractivity (Wildman–Crippen MR) is 174 cm³/mol. The Morgan fingerprint density at radius 1 is 0.979 bits per heavy atom. The van der Waals surface area contributed by atoms with Gasteiger partial charge in [-0.05, 0) is 63.0 Å². The molecular weight excluding hydrogens is 671 g/mol. The van der Waals surface area contributed by atoms with Gasteiger partial charge in [-0.3, -0.25) is 0 Å². The maximum absolute atomic E-state index is 14.5. The molecule has 0 amide bonds. The molecule has 15 heteroatoms. The monoisotopic (exact) mass is 705 g/mol. The summed E-state index contributed by atoms with van der Waals surface area (Å²) in [5, 5.41) is 0.0217. The molecule has 1 aliphatic carbocycles. The molecule has 0 bridgehead atoms. The molecule has 48 heavy (non-hydrogen) atoms. The van der Waals surface area contributed by atoms with Crippen LogP contribution in [0.5, 0.6) is 17.2 Å². The predicted octanol–water partition coefficient (Wildman–Crippen LogP) is 6.60. The summed E-state index contributed by atoms with van der Waals surface area (Å²) in [6, 6.07) is 13.0. The van der Waals surface area contributed by atoms with Crippen molar-refractivity contribution in [1.82, 2.24) is 19.9 Å². The van der Waals surface area contributed by atoms with Gasteiger partial charge in [0.1, 0.15) is 45.5 Å². The highest BCUT2D eigenvalue weighted by molar-refractivity contribution is 7.92. The van der Waals surface area contributed by atoms with E-state index in [1.54, 1.807) is 24.3 Å². The van der Waals surface area contributed by atoms with Crippen molar-refractivity contribution in [1.29, 1.82) is 0 Å². The fourth-order valence-electron chi connectivity index (χ4n) is 5.90. The van der Waals surface area contributed by atoms with Gasteiger partial charge in [-0.1, -0.05) is 29.8 Å². The number of sulfonamides is 1. The molecule has 2 aromatic heterocycles. The van der Waals surface area contributed by atoms with E-state index in [2.05, 4.69) is 15.0 Å². The van der Waals surface area contributed by atoms with Gasteiger partial charge in [0.05, 0.1) is 32.5 Å². The Morgan fingerprint density at radius 3 is 2.44 bits per heavy atom. The average molecular weight is 706 g/mol. The summed E-state index contributed by atoms with van der Waals surface area (Å²) >= 11 is 6.28. The summed E-state index contributed by atoms with van der Waals surface area (Å²) in [7, 11) is 2.28. The molecule has 10 nitrogen and oxygen atoms in total. The molecule has 256 valence electrons. The Balaban J connectivity index is 1.48. The minimum absolute atomic E-state index is 0.00915. The topological polar surface area (TPSA) is 107 Å². The van der Waals surface area contributed by atoms with E-state index < -0.39 is 27.9 Å². The minimum atomic E-state index is -4.45. The van der Waals surface area contributed by atoms with Gasteiger partial charge in [-0.15, -0.1) is 0 Å². The van der Waals surface area contributed by atoms with E-state index in [0.29, 0.717) is 41.9 Å². The van der Waals surface area contributed by atoms with Crippen LogP contribution in [-0.4, -0.2) is 68.7 Å². The van der Waals surface area contributed by atoms with Crippen LogP contribution in [0.4, 0.5) is 19.0 Å². The van der Waals surface area contributed by atoms with Crippen LogP contribution in [0.15, 0.2) is 78.2 Å². The van der Waals surface area contributed by atoms with Gasteiger partial charge in [0.2, 0.25) is 0 Å². The minimum Gasteiger partial charge on any atom is -0.497 e. The molecule has 5 rings (SSSR count). The van der Waals surface area contributed by atoms with Crippen LogP contribution in [0.3, 0.4) is 0 Å². The lowest BCUT2D eigenvalue weighted by Gasteiger charge is -2.40. The zero-order valence-electron chi connectivity index (χ0n) is 26.7. The summed E-state index contributed by atoms with van der Waals surface area (Å²) in [6.45, 7) is -0.170. The number of anilines is 1. The molecular formula is C33H35ClF3N5O5S. The zero-order valence-corrected chi connectivity index (χ0v) is 28.3. The summed E-state index contributed by atoms with van der Waals surface area (Å²) < 4.78 is 87.8. The van der Waals surface area contributed by atoms with Gasteiger partial charge in [0.15, 0.2) is 0 Å². The van der Waals surface area contributed by atoms with Crippen molar-refractivity contribution in [2.24, 2.45) is 0 Å². The first-order chi connectivity index (χ1) is 22.8. The van der Waals surface area contributed by atoms with Crippen LogP contribution >= 0.6 is 11.6 Å². The number of methoxy groups -OCH3 is 2. The van der Waals surface area contributed by atoms with Crippen LogP contribution in [0.2, 0.25) is 5.15 Å². The molecule has 1 aliphatic rings. The van der Waals surface area contributed by atoms with Gasteiger partial charge in [0.25, 0.3) is 10.0 Å². The normalized spacial score (nSPS) is 18.4. The van der Waals surface area contributed by atoms with Gasteiger partial charge in [-0.2, -0.15) is 13.2 Å². The molecule has 0 N–H and O–H groups in total. The number of hydrogen-bond acceptors (Lipinski definition) is 9. The zero-order chi connectivity index (χ0) is 34.6. The molecule has 0 aliphatic heterocycles. The van der Waals surface area contributed by atoms with Gasteiger partial charge in [-0.25, -0.2) is 27.7 Å². The number of halogens is 4. The van der Waals surface area contributed by atoms with Crippen LogP contribution in [0, 0.1) is 0 Å². The molecule has 0 spiro atoms. The molecule has 0 saturated heterocycles. The number of nitrogens with zero attached hydrogens (tertiary/aromatic N) is 5. The van der Waals surface area contributed by atoms with Gasteiger partial charge >= 0.3 is 6.18 Å². The maximum Gasteiger partial charge on any atom is 0.416 e. The largest absolute Gasteiger partial charge is 0.497 e. The third kappa shape index (κ3) is 7.77. The lowest BCUT2D eigenvalue weighted by molar-refractivity contribution is -0.137. The number of ether oxygens (including phenoxy) is 3. The van der Waals surface area contributed by atoms with Gasteiger partial charge < -0.3 is 19.1 Å². The number of likely N-dealkylation sites (N-methyl/N-ethyl adjacent to an activating group) is 1. The van der Waals surface area contributed by atoms with Crippen LogP contribution < -0.4 is 18.5 Å². The maximum atomic E-state index is 14.5. The van der Waals surface area contributed by atoms with Crippen molar-refractivity contribution in [2.75, 3.05) is 32.6 Å². The van der Waals surface area contributed by atoms with E-state index >= 15 is 0 Å². The molecule has 2 aromatic carbocycles. The Morgan fingerprint density at radius 2 is 1.77 bits per heavy atom. The second-order valence-electron chi connectivity index (χ2n) is 11.5. The lowest BCUT2D eigenvalue weighted by atomic mass is 9.79. The molecule has 3 atom stereocenters. The Labute approximate surface area is 282 Å². The summed E-state index contributed by atoms with van der Waals surface area (Å²) in [4.78, 5) is 13.9. The van der Waals surface area contributed by atoms with Crippen molar-refractivity contribution < 1.29 is 35.8 Å². The van der Waals surface area contributed by atoms with Crippen molar-refractivity contribution in [2.45, 2.75) is 54.9 Å². The van der Waals surface area contributed by atoms with E-state index in [0.717, 1.165) is 16.6 Å². The van der Waals surface area contributed by atoms with Crippen LogP contribution in [0.1, 0.15) is 41.9 Å². The van der Waals surface area contributed by atoms with Crippen LogP contribution in [0.25, 0.3) is 0 Å². The lowest BCUT2D eigenvalue weighted by Crippen LogP contribution is -2.46. The first kappa shape index (κ1) is 35.2. The number of aromatic nitrogens is 3. The highest BCUT2D eigenvalue weighted by Gasteiger charge is 2.38. The van der Waals surface area contributed by atoms with Crippen molar-refractivity contribution in [3.05, 3.63) is 95.2 Å². The quantitative estimate of drug-likeness (QED) is 0.160. The number of hydrogen-bond donors (Lipinski definition) is 0. The first-order valence-corrected chi connectivity index (χ1v) is 16.8. The number of benzene rings is 2. The van der Waals surface area contributed by atoms with E-state index in [4.69, 9.17) is 25.8 Å². The fraction of sp³-hybridized carbons (Fsp3) is 0.364. The summed E-state index contributed by atoms with van der Waals surface area (Å²) in [5.74, 6) is 0.863. The Hall–Kier alpha value is -4.14. The van der Waals surface area contributed by atoms with Gasteiger partial charge in [0, 0.05) is 36.0 Å². The highest BCUT2D eigenvalue weighted by Crippen LogP contribution is 2.41. The van der Waals surface area contributed by atoms with E-state index in [1.807, 2.05) is 19.0 Å². The average Bonchev–Trinajstić information content (AvgIpc) is 3.07. The van der Waals surface area contributed by atoms with Crippen LogP contribution in [-0.2, 0) is 22.7 Å². The van der Waals surface area contributed by atoms with E-state index in [9.17, 15) is 21.6 Å². The molecule has 2 heterocycles. The number of alkyl halides is 3. The standard InChI is InChI=1S/C33H35ClF3N5O5S/c1-41(2)26-15-22(21-6-5-7-24(14-21)33(35,36)37)9-11-27(26)47-29-17-31(34)39-18-30(29)48(43,44)42(32-12-13-38-20-40-32)19-23-8-10-25(45-3)16-28(23)46-4/h5-8,10,12-14,16-18,20,22,26-27H,9,11,15,19H2,1-4H3/t22-,26-,27-/m0/s1. The number of rotatable bonds is 11. The number of pyridine rings is 1. The highest BCUT2D eigenvalue weighted by atomic mass is 35.5. The third-order valence-electron chi connectivity index (χ3n) is 8.38. The van der Waals surface area contributed by atoms with Crippen molar-refractivity contribution in [3.8, 4) is 17.2 Å². The summed E-state index contributed by atoms with van der Waals surface area (Å²) in [6.07, 6.45) is 0.323. The third-order valence-corrected chi connectivity index (χ3v) is 10.3. The fourth-order valence-corrected chi connectivity index (χ4v) is 7.49. The molecule has 0 unspecified atom stereocenters. The summed E-state index contributed by atoms with van der Waals surface area (Å²) in [5.41, 5.74) is 0.437. The molecule has 4 aromatic rings. The first-order valence-electron chi connectivity index (χ1n) is 15.0. The Kier molecular flexibility index (Phi) is 10.7. The van der Waals surface area contributed by atoms with Crippen molar-refractivity contribution >= 4 is 27.4 Å². The van der Waals surface area contributed by atoms with E-state index in [1.165, 1.54) is 51.0 Å². The molecule has 1 fully saturated rings. The SMILES string of the molecule is COc1ccc(CN(c2ccncn2)S(=O)(=O)c2cnc(Cl)cc2O[C@H]2CC[C@H](c3cccc(C(F)(F)F)c3)C[C@@H]2N(C)C)c(OC)c1. The van der Waals surface area contributed by atoms with E-state index in [-0.39, 0.29) is 40.1 Å². The smallest absolute Gasteiger partial charge is 0.416 e. The molecule has 0 radical (unpaired) electrons. The van der Waals surface area contributed by atoms with Crippen molar-refractivity contribution in [3.63, 3.8) is 0 Å².